The van der Waals surface area contributed by atoms with Crippen molar-refractivity contribution >= 4 is 58.1 Å². The van der Waals surface area contributed by atoms with Gasteiger partial charge < -0.3 is 10.6 Å². The number of rotatable bonds is 7. The van der Waals surface area contributed by atoms with E-state index >= 15 is 0 Å². The molecule has 3 rings (SSSR count). The molecule has 0 radical (unpaired) electrons. The van der Waals surface area contributed by atoms with Crippen LogP contribution in [0.2, 0.25) is 15.1 Å². The van der Waals surface area contributed by atoms with Crippen molar-refractivity contribution < 1.29 is 22.8 Å². The van der Waals surface area contributed by atoms with Gasteiger partial charge >= 0.3 is 12.2 Å². The third-order valence-electron chi connectivity index (χ3n) is 4.85. The van der Waals surface area contributed by atoms with E-state index in [1.165, 1.54) is 35.2 Å². The molecule has 0 aliphatic rings. The van der Waals surface area contributed by atoms with Crippen LogP contribution < -0.4 is 15.5 Å². The van der Waals surface area contributed by atoms with E-state index in [1.807, 2.05) is 0 Å². The van der Waals surface area contributed by atoms with Crippen molar-refractivity contribution in [2.45, 2.75) is 12.6 Å². The Bertz CT molecular complexity index is 1200. The van der Waals surface area contributed by atoms with Crippen LogP contribution in [0.5, 0.6) is 0 Å². The van der Waals surface area contributed by atoms with Crippen molar-refractivity contribution in [3.63, 3.8) is 0 Å². The molecular formula is C24H19Cl3F3N3O2. The number of nitrogens with zero attached hydrogens (tertiary/aromatic N) is 1. The first kappa shape index (κ1) is 26.7. The molecule has 11 heteroatoms. The van der Waals surface area contributed by atoms with Gasteiger partial charge in [-0.3, -0.25) is 9.69 Å². The van der Waals surface area contributed by atoms with Crippen LogP contribution in [-0.2, 0) is 6.18 Å². The summed E-state index contributed by atoms with van der Waals surface area (Å²) < 4.78 is 39.7. The molecule has 0 fully saturated rings. The monoisotopic (exact) mass is 543 g/mol. The average Bonchev–Trinajstić information content (AvgIpc) is 2.81. The lowest BCUT2D eigenvalue weighted by Gasteiger charge is -2.24. The Balaban J connectivity index is 1.71. The maximum atomic E-state index is 13.2. The molecule has 0 unspecified atom stereocenters. The predicted octanol–water partition coefficient (Wildman–Crippen LogP) is 7.52. The Labute approximate surface area is 214 Å². The first-order valence-corrected chi connectivity index (χ1v) is 11.4. The number of alkyl halides is 3. The summed E-state index contributed by atoms with van der Waals surface area (Å²) in [5.74, 6) is -0.403. The molecule has 5 nitrogen and oxygen atoms in total. The zero-order valence-electron chi connectivity index (χ0n) is 18.0. The fraction of sp³-hybridized carbons (Fsp3) is 0.167. The van der Waals surface area contributed by atoms with Crippen LogP contribution in [0.3, 0.4) is 0 Å². The normalized spacial score (nSPS) is 11.1. The molecule has 3 aromatic carbocycles. The summed E-state index contributed by atoms with van der Waals surface area (Å²) in [7, 11) is 0. The maximum absolute atomic E-state index is 13.2. The maximum Gasteiger partial charge on any atom is 0.416 e. The summed E-state index contributed by atoms with van der Waals surface area (Å²) in [5, 5.41) is 6.34. The summed E-state index contributed by atoms with van der Waals surface area (Å²) in [5.41, 5.74) is -0.103. The van der Waals surface area contributed by atoms with E-state index in [1.54, 1.807) is 24.3 Å². The van der Waals surface area contributed by atoms with Gasteiger partial charge in [0, 0.05) is 35.1 Å². The zero-order valence-corrected chi connectivity index (χ0v) is 20.3. The van der Waals surface area contributed by atoms with E-state index in [9.17, 15) is 22.8 Å². The van der Waals surface area contributed by atoms with E-state index in [-0.39, 0.29) is 30.2 Å². The van der Waals surface area contributed by atoms with Gasteiger partial charge in [0.25, 0.3) is 5.91 Å². The lowest BCUT2D eigenvalue weighted by molar-refractivity contribution is -0.137. The highest BCUT2D eigenvalue weighted by Gasteiger charge is 2.31. The molecule has 3 amide bonds. The van der Waals surface area contributed by atoms with Gasteiger partial charge in [-0.05, 0) is 67.1 Å². The van der Waals surface area contributed by atoms with Crippen LogP contribution >= 0.6 is 34.8 Å². The number of benzene rings is 3. The Morgan fingerprint density at radius 3 is 2.26 bits per heavy atom. The minimum atomic E-state index is -4.57. The third kappa shape index (κ3) is 7.52. The first-order valence-electron chi connectivity index (χ1n) is 10.3. The second kappa shape index (κ2) is 11.7. The second-order valence-corrected chi connectivity index (χ2v) is 8.63. The standard InChI is InChI=1S/C24H19Cl3F3N3O2/c25-17-6-8-18(9-7-17)32-23(35)33(19-4-1-3-16(14-19)24(28,29)30)12-2-11-31-22(34)15-5-10-20(26)21(27)13-15/h1,3-10,13-14H,2,11-12H2,(H,31,34)(H,32,35). The second-order valence-electron chi connectivity index (χ2n) is 7.38. The van der Waals surface area contributed by atoms with Gasteiger partial charge in [0.05, 0.1) is 15.6 Å². The quantitative estimate of drug-likeness (QED) is 0.302. The molecule has 0 spiro atoms. The Kier molecular flexibility index (Phi) is 8.88. The van der Waals surface area contributed by atoms with E-state index in [4.69, 9.17) is 34.8 Å². The van der Waals surface area contributed by atoms with Crippen molar-refractivity contribution in [3.8, 4) is 0 Å². The fourth-order valence-electron chi connectivity index (χ4n) is 3.10. The van der Waals surface area contributed by atoms with Crippen molar-refractivity contribution in [1.82, 2.24) is 5.32 Å². The first-order chi connectivity index (χ1) is 16.5. The lowest BCUT2D eigenvalue weighted by atomic mass is 10.1. The number of amides is 3. The minimum absolute atomic E-state index is 0.0301. The average molecular weight is 545 g/mol. The van der Waals surface area contributed by atoms with E-state index in [0.717, 1.165) is 12.1 Å². The van der Waals surface area contributed by atoms with Gasteiger partial charge in [-0.1, -0.05) is 40.9 Å². The van der Waals surface area contributed by atoms with Crippen LogP contribution in [0.15, 0.2) is 66.7 Å². The molecule has 0 aliphatic carbocycles. The van der Waals surface area contributed by atoms with Gasteiger partial charge in [-0.15, -0.1) is 0 Å². The molecule has 0 aliphatic heterocycles. The highest BCUT2D eigenvalue weighted by atomic mass is 35.5. The van der Waals surface area contributed by atoms with Crippen LogP contribution in [0, 0.1) is 0 Å². The van der Waals surface area contributed by atoms with Crippen molar-refractivity contribution in [2.75, 3.05) is 23.3 Å². The van der Waals surface area contributed by atoms with Crippen molar-refractivity contribution in [1.29, 1.82) is 0 Å². The van der Waals surface area contributed by atoms with Crippen LogP contribution in [0.4, 0.5) is 29.3 Å². The van der Waals surface area contributed by atoms with Crippen LogP contribution in [0.1, 0.15) is 22.3 Å². The highest BCUT2D eigenvalue weighted by molar-refractivity contribution is 6.42. The van der Waals surface area contributed by atoms with Crippen molar-refractivity contribution in [2.24, 2.45) is 0 Å². The number of hydrogen-bond acceptors (Lipinski definition) is 2. The topological polar surface area (TPSA) is 61.4 Å². The number of nitrogens with one attached hydrogen (secondary N) is 2. The molecule has 0 heterocycles. The molecule has 2 N–H and O–H groups in total. The Morgan fingerprint density at radius 2 is 1.60 bits per heavy atom. The predicted molar refractivity (Wildman–Crippen MR) is 133 cm³/mol. The number of anilines is 2. The van der Waals surface area contributed by atoms with Gasteiger partial charge in [0.15, 0.2) is 0 Å². The van der Waals surface area contributed by atoms with Gasteiger partial charge in [-0.25, -0.2) is 4.79 Å². The smallest absolute Gasteiger partial charge is 0.352 e. The van der Waals surface area contributed by atoms with Gasteiger partial charge in [0.2, 0.25) is 0 Å². The van der Waals surface area contributed by atoms with Crippen LogP contribution in [0.25, 0.3) is 0 Å². The van der Waals surface area contributed by atoms with Crippen molar-refractivity contribution in [3.05, 3.63) is 92.9 Å². The minimum Gasteiger partial charge on any atom is -0.352 e. The number of urea groups is 1. The molecular weight excluding hydrogens is 526 g/mol. The number of carbonyl (C=O) groups is 2. The van der Waals surface area contributed by atoms with Gasteiger partial charge in [-0.2, -0.15) is 13.2 Å². The molecule has 35 heavy (non-hydrogen) atoms. The molecule has 184 valence electrons. The lowest BCUT2D eigenvalue weighted by Crippen LogP contribution is -2.37. The fourth-order valence-corrected chi connectivity index (χ4v) is 3.52. The van der Waals surface area contributed by atoms with E-state index in [0.29, 0.717) is 21.3 Å². The highest BCUT2D eigenvalue weighted by Crippen LogP contribution is 2.32. The number of carbonyl (C=O) groups excluding carboxylic acids is 2. The summed E-state index contributed by atoms with van der Waals surface area (Å²) in [6.07, 6.45) is -4.31. The Hall–Kier alpha value is -2.94. The molecule has 0 saturated heterocycles. The summed E-state index contributed by atoms with van der Waals surface area (Å²) >= 11 is 17.6. The zero-order chi connectivity index (χ0) is 25.6. The van der Waals surface area contributed by atoms with Gasteiger partial charge in [0.1, 0.15) is 0 Å². The SMILES string of the molecule is O=C(NCCCN(C(=O)Nc1ccc(Cl)cc1)c1cccc(C(F)(F)F)c1)c1ccc(Cl)c(Cl)c1. The number of hydrogen-bond donors (Lipinski definition) is 2. The molecule has 0 aromatic heterocycles. The molecule has 3 aromatic rings. The molecule has 0 bridgehead atoms. The Morgan fingerprint density at radius 1 is 0.886 bits per heavy atom. The van der Waals surface area contributed by atoms with E-state index < -0.39 is 23.7 Å². The summed E-state index contributed by atoms with van der Waals surface area (Å²) in [6, 6.07) is 14.5. The third-order valence-corrected chi connectivity index (χ3v) is 5.84. The summed E-state index contributed by atoms with van der Waals surface area (Å²) in [4.78, 5) is 26.5. The number of halogens is 6. The van der Waals surface area contributed by atoms with E-state index in [2.05, 4.69) is 10.6 Å². The molecule has 0 saturated carbocycles. The largest absolute Gasteiger partial charge is 0.416 e. The van der Waals surface area contributed by atoms with Crippen LogP contribution in [-0.4, -0.2) is 25.0 Å². The molecule has 0 atom stereocenters. The summed E-state index contributed by atoms with van der Waals surface area (Å²) in [6.45, 7) is 0.186.